The van der Waals surface area contributed by atoms with Gasteiger partial charge in [-0.15, -0.1) is 0 Å². The Bertz CT molecular complexity index is 538. The molecule has 2 heterocycles. The fourth-order valence-electron chi connectivity index (χ4n) is 2.25. The van der Waals surface area contributed by atoms with Crippen LogP contribution < -0.4 is 16.0 Å². The highest BCUT2D eigenvalue weighted by atomic mass is 16.2. The van der Waals surface area contributed by atoms with Gasteiger partial charge in [-0.1, -0.05) is 0 Å². The van der Waals surface area contributed by atoms with E-state index in [1.807, 2.05) is 0 Å². The minimum atomic E-state index is -0.0715. The Hall–Kier alpha value is -2.54. The van der Waals surface area contributed by atoms with Crippen molar-refractivity contribution in [2.75, 3.05) is 26.2 Å². The van der Waals surface area contributed by atoms with Crippen LogP contribution in [-0.2, 0) is 0 Å². The predicted molar refractivity (Wildman–Crippen MR) is 93.0 cm³/mol. The van der Waals surface area contributed by atoms with Crippen molar-refractivity contribution in [2.45, 2.75) is 19.3 Å². The molecule has 130 valence electrons. The highest BCUT2D eigenvalue weighted by Crippen LogP contribution is 1.95. The second-order valence-electron chi connectivity index (χ2n) is 5.49. The summed E-state index contributed by atoms with van der Waals surface area (Å²) in [7, 11) is 0. The standard InChI is InChI=1S/C17H25N5O2/c23-16(14-6-3-11-19-14)21-10-2-1-8-18-9-5-13-22-17(24)15-7-4-12-20-15/h3-4,6-7,11-12,18-20H,1-2,5,8-10,13H2,(H,21,23)(H,22,24). The van der Waals surface area contributed by atoms with Crippen LogP contribution in [0.4, 0.5) is 0 Å². The van der Waals surface area contributed by atoms with Crippen molar-refractivity contribution >= 4 is 11.8 Å². The molecule has 7 heteroatoms. The first kappa shape index (κ1) is 17.8. The Morgan fingerprint density at radius 3 is 1.79 bits per heavy atom. The lowest BCUT2D eigenvalue weighted by Crippen LogP contribution is -2.28. The summed E-state index contributed by atoms with van der Waals surface area (Å²) in [5.74, 6) is -0.136. The van der Waals surface area contributed by atoms with Crippen molar-refractivity contribution in [1.82, 2.24) is 25.9 Å². The molecule has 0 fully saturated rings. The Morgan fingerprint density at radius 2 is 1.25 bits per heavy atom. The topological polar surface area (TPSA) is 102 Å². The molecule has 5 N–H and O–H groups in total. The Morgan fingerprint density at radius 1 is 0.750 bits per heavy atom. The summed E-state index contributed by atoms with van der Waals surface area (Å²) in [4.78, 5) is 29.1. The molecular weight excluding hydrogens is 306 g/mol. The lowest BCUT2D eigenvalue weighted by Gasteiger charge is -2.07. The molecule has 0 bridgehead atoms. The molecule has 0 saturated heterocycles. The number of unbranched alkanes of at least 4 members (excludes halogenated alkanes) is 1. The molecule has 0 aliphatic rings. The molecule has 2 rings (SSSR count). The van der Waals surface area contributed by atoms with Gasteiger partial charge in [0.2, 0.25) is 0 Å². The maximum atomic E-state index is 11.7. The van der Waals surface area contributed by atoms with Gasteiger partial charge in [0.15, 0.2) is 0 Å². The normalized spacial score (nSPS) is 10.5. The van der Waals surface area contributed by atoms with Crippen molar-refractivity contribution in [3.8, 4) is 0 Å². The third-order valence-corrected chi connectivity index (χ3v) is 3.57. The quantitative estimate of drug-likeness (QED) is 0.401. The van der Waals surface area contributed by atoms with Crippen molar-refractivity contribution < 1.29 is 9.59 Å². The second kappa shape index (κ2) is 10.3. The fourth-order valence-corrected chi connectivity index (χ4v) is 2.25. The van der Waals surface area contributed by atoms with Crippen LogP contribution >= 0.6 is 0 Å². The van der Waals surface area contributed by atoms with Crippen molar-refractivity contribution in [1.29, 1.82) is 0 Å². The van der Waals surface area contributed by atoms with Gasteiger partial charge in [0.25, 0.3) is 11.8 Å². The lowest BCUT2D eigenvalue weighted by atomic mass is 10.3. The van der Waals surface area contributed by atoms with Gasteiger partial charge >= 0.3 is 0 Å². The smallest absolute Gasteiger partial charge is 0.267 e. The molecule has 0 aliphatic heterocycles. The molecule has 7 nitrogen and oxygen atoms in total. The molecule has 0 radical (unpaired) electrons. The summed E-state index contributed by atoms with van der Waals surface area (Å²) in [6.07, 6.45) is 6.29. The summed E-state index contributed by atoms with van der Waals surface area (Å²) in [6, 6.07) is 7.12. The van der Waals surface area contributed by atoms with Crippen LogP contribution in [0.25, 0.3) is 0 Å². The van der Waals surface area contributed by atoms with Crippen LogP contribution in [0.5, 0.6) is 0 Å². The Balaban J connectivity index is 1.38. The van der Waals surface area contributed by atoms with Crippen molar-refractivity contribution in [2.24, 2.45) is 0 Å². The Kier molecular flexibility index (Phi) is 7.62. The van der Waals surface area contributed by atoms with Gasteiger partial charge in [0, 0.05) is 25.5 Å². The van der Waals surface area contributed by atoms with E-state index in [4.69, 9.17) is 0 Å². The zero-order valence-electron chi connectivity index (χ0n) is 13.7. The van der Waals surface area contributed by atoms with Gasteiger partial charge < -0.3 is 25.9 Å². The number of nitrogens with one attached hydrogen (secondary N) is 5. The second-order valence-corrected chi connectivity index (χ2v) is 5.49. The van der Waals surface area contributed by atoms with Gasteiger partial charge in [0.1, 0.15) is 11.4 Å². The maximum Gasteiger partial charge on any atom is 0.267 e. The van der Waals surface area contributed by atoms with E-state index in [1.165, 1.54) is 0 Å². The number of aromatic nitrogens is 2. The molecule has 2 amide bonds. The zero-order valence-corrected chi connectivity index (χ0v) is 13.7. The molecule has 24 heavy (non-hydrogen) atoms. The number of hydrogen-bond acceptors (Lipinski definition) is 3. The van der Waals surface area contributed by atoms with E-state index in [-0.39, 0.29) is 11.8 Å². The van der Waals surface area contributed by atoms with Gasteiger partial charge in [-0.25, -0.2) is 0 Å². The van der Waals surface area contributed by atoms with E-state index >= 15 is 0 Å². The summed E-state index contributed by atoms with van der Waals surface area (Å²) < 4.78 is 0. The number of hydrogen-bond donors (Lipinski definition) is 5. The number of aromatic amines is 2. The van der Waals surface area contributed by atoms with Crippen LogP contribution in [-0.4, -0.2) is 48.0 Å². The third kappa shape index (κ3) is 6.29. The number of carbonyl (C=O) groups is 2. The van der Waals surface area contributed by atoms with E-state index in [9.17, 15) is 9.59 Å². The van der Waals surface area contributed by atoms with Crippen molar-refractivity contribution in [3.63, 3.8) is 0 Å². The van der Waals surface area contributed by atoms with E-state index < -0.39 is 0 Å². The van der Waals surface area contributed by atoms with Gasteiger partial charge in [-0.2, -0.15) is 0 Å². The molecule has 2 aromatic heterocycles. The molecule has 0 saturated carbocycles. The molecular formula is C17H25N5O2. The van der Waals surface area contributed by atoms with Crippen LogP contribution in [0.2, 0.25) is 0 Å². The zero-order chi connectivity index (χ0) is 17.0. The van der Waals surface area contributed by atoms with E-state index in [1.54, 1.807) is 36.7 Å². The monoisotopic (exact) mass is 331 g/mol. The molecule has 0 aliphatic carbocycles. The van der Waals surface area contributed by atoms with Crippen LogP contribution in [0.1, 0.15) is 40.2 Å². The number of carbonyl (C=O) groups excluding carboxylic acids is 2. The average molecular weight is 331 g/mol. The third-order valence-electron chi connectivity index (χ3n) is 3.57. The largest absolute Gasteiger partial charge is 0.357 e. The van der Waals surface area contributed by atoms with E-state index in [0.717, 1.165) is 32.4 Å². The van der Waals surface area contributed by atoms with Crippen LogP contribution in [0.3, 0.4) is 0 Å². The van der Waals surface area contributed by atoms with Crippen LogP contribution in [0.15, 0.2) is 36.7 Å². The minimum Gasteiger partial charge on any atom is -0.357 e. The predicted octanol–water partition coefficient (Wildman–Crippen LogP) is 1.26. The highest BCUT2D eigenvalue weighted by molar-refractivity contribution is 5.92. The van der Waals surface area contributed by atoms with Crippen molar-refractivity contribution in [3.05, 3.63) is 48.0 Å². The van der Waals surface area contributed by atoms with Crippen LogP contribution in [0, 0.1) is 0 Å². The summed E-state index contributed by atoms with van der Waals surface area (Å²) >= 11 is 0. The minimum absolute atomic E-state index is 0.0641. The average Bonchev–Trinajstić information content (AvgIpc) is 3.29. The highest BCUT2D eigenvalue weighted by Gasteiger charge is 2.04. The number of H-pyrrole nitrogens is 2. The maximum absolute atomic E-state index is 11.7. The van der Waals surface area contributed by atoms with Gasteiger partial charge in [-0.05, 0) is 56.6 Å². The van der Waals surface area contributed by atoms with E-state index in [0.29, 0.717) is 24.5 Å². The first-order chi connectivity index (χ1) is 11.8. The fraction of sp³-hybridized carbons (Fsp3) is 0.412. The van der Waals surface area contributed by atoms with Gasteiger partial charge in [0.05, 0.1) is 0 Å². The molecule has 0 atom stereocenters. The summed E-state index contributed by atoms with van der Waals surface area (Å²) in [6.45, 7) is 3.09. The lowest BCUT2D eigenvalue weighted by molar-refractivity contribution is 0.0940. The van der Waals surface area contributed by atoms with E-state index in [2.05, 4.69) is 25.9 Å². The molecule has 0 spiro atoms. The molecule has 0 unspecified atom stereocenters. The Labute approximate surface area is 141 Å². The first-order valence-electron chi connectivity index (χ1n) is 8.31. The summed E-state index contributed by atoms with van der Waals surface area (Å²) in [5.41, 5.74) is 1.18. The molecule has 2 aromatic rings. The SMILES string of the molecule is O=C(NCCCCNCCCNC(=O)c1ccc[nH]1)c1ccc[nH]1. The summed E-state index contributed by atoms with van der Waals surface area (Å²) in [5, 5.41) is 9.07. The van der Waals surface area contributed by atoms with Gasteiger partial charge in [-0.3, -0.25) is 9.59 Å². The molecule has 0 aromatic carbocycles. The first-order valence-corrected chi connectivity index (χ1v) is 8.31. The number of amides is 2. The number of rotatable bonds is 11.